The second kappa shape index (κ2) is 6.88. The van der Waals surface area contributed by atoms with Crippen LogP contribution in [0.1, 0.15) is 27.3 Å². The van der Waals surface area contributed by atoms with Gasteiger partial charge in [0.1, 0.15) is 6.61 Å². The summed E-state index contributed by atoms with van der Waals surface area (Å²) in [7, 11) is 1.52. The first-order valence-electron chi connectivity index (χ1n) is 7.15. The molecule has 10 heteroatoms. The zero-order valence-electron chi connectivity index (χ0n) is 12.8. The average Bonchev–Trinajstić information content (AvgIpc) is 3.25. The van der Waals surface area contributed by atoms with Crippen LogP contribution in [-0.2, 0) is 16.1 Å². The van der Waals surface area contributed by atoms with Gasteiger partial charge in [-0.2, -0.15) is 4.98 Å². The molecule has 128 valence electrons. The molecule has 0 aliphatic carbocycles. The first-order valence-corrected chi connectivity index (χ1v) is 8.34. The van der Waals surface area contributed by atoms with Gasteiger partial charge in [-0.05, 0) is 12.1 Å². The van der Waals surface area contributed by atoms with Gasteiger partial charge in [0.05, 0.1) is 21.0 Å². The number of amides is 2. The highest BCUT2D eigenvalue weighted by Gasteiger charge is 2.42. The average molecular weight is 371 g/mol. The summed E-state index contributed by atoms with van der Waals surface area (Å²) in [5, 5.41) is 3.79. The summed E-state index contributed by atoms with van der Waals surface area (Å²) in [6, 6.07) is 3.32. The van der Waals surface area contributed by atoms with Gasteiger partial charge < -0.3 is 19.9 Å². The van der Waals surface area contributed by atoms with Crippen LogP contribution in [0.3, 0.4) is 0 Å². The van der Waals surface area contributed by atoms with Gasteiger partial charge in [0.2, 0.25) is 11.8 Å². The Bertz CT molecular complexity index is 762. The molecule has 0 aromatic carbocycles. The van der Waals surface area contributed by atoms with Crippen molar-refractivity contribution in [3.63, 3.8) is 0 Å². The highest BCUT2D eigenvalue weighted by molar-refractivity contribution is 7.17. The molecule has 1 aliphatic rings. The van der Waals surface area contributed by atoms with E-state index in [1.807, 2.05) is 0 Å². The van der Waals surface area contributed by atoms with Crippen molar-refractivity contribution in [2.45, 2.75) is 12.5 Å². The lowest BCUT2D eigenvalue weighted by Crippen LogP contribution is -2.31. The minimum atomic E-state index is -0.583. The van der Waals surface area contributed by atoms with Crippen LogP contribution in [0.5, 0.6) is 0 Å². The standard InChI is InChI=1S/C14H15ClN4O4S/c1-22-6-11-17-13(23-18-11)8-5-19(4-7(8)12(16)20)14(21)9-2-3-10(15)24-9/h2-3,7-8H,4-6H2,1H3,(H2,16,20). The van der Waals surface area contributed by atoms with Gasteiger partial charge in [0.25, 0.3) is 5.91 Å². The number of rotatable bonds is 5. The van der Waals surface area contributed by atoms with Crippen molar-refractivity contribution in [3.8, 4) is 0 Å². The summed E-state index contributed by atoms with van der Waals surface area (Å²) in [6.45, 7) is 0.681. The fourth-order valence-electron chi connectivity index (χ4n) is 2.70. The predicted molar refractivity (Wildman–Crippen MR) is 85.7 cm³/mol. The van der Waals surface area contributed by atoms with E-state index >= 15 is 0 Å². The SMILES string of the molecule is COCc1noc(C2CN(C(=O)c3ccc(Cl)s3)CC2C(N)=O)n1. The van der Waals surface area contributed by atoms with E-state index in [9.17, 15) is 9.59 Å². The van der Waals surface area contributed by atoms with Crippen LogP contribution in [0.2, 0.25) is 4.34 Å². The number of nitrogens with two attached hydrogens (primary N) is 1. The van der Waals surface area contributed by atoms with Crippen LogP contribution in [0, 0.1) is 5.92 Å². The number of likely N-dealkylation sites (tertiary alicyclic amines) is 1. The summed E-state index contributed by atoms with van der Waals surface area (Å²) < 4.78 is 10.7. The Hall–Kier alpha value is -1.97. The summed E-state index contributed by atoms with van der Waals surface area (Å²) in [4.78, 5) is 30.6. The van der Waals surface area contributed by atoms with E-state index in [1.165, 1.54) is 18.4 Å². The second-order valence-electron chi connectivity index (χ2n) is 5.41. The Morgan fingerprint density at radius 2 is 2.29 bits per heavy atom. The van der Waals surface area contributed by atoms with E-state index in [0.29, 0.717) is 15.0 Å². The van der Waals surface area contributed by atoms with E-state index < -0.39 is 17.7 Å². The Labute approximate surface area is 146 Å². The van der Waals surface area contributed by atoms with Gasteiger partial charge in [-0.15, -0.1) is 11.3 Å². The zero-order chi connectivity index (χ0) is 17.3. The van der Waals surface area contributed by atoms with Crippen LogP contribution >= 0.6 is 22.9 Å². The first-order chi connectivity index (χ1) is 11.5. The molecule has 2 aromatic heterocycles. The Morgan fingerprint density at radius 3 is 2.92 bits per heavy atom. The normalized spacial score (nSPS) is 20.5. The molecular weight excluding hydrogens is 356 g/mol. The molecule has 0 bridgehead atoms. The molecule has 2 unspecified atom stereocenters. The number of hydrogen-bond donors (Lipinski definition) is 1. The molecule has 3 rings (SSSR count). The minimum Gasteiger partial charge on any atom is -0.377 e. The lowest BCUT2D eigenvalue weighted by atomic mass is 9.95. The summed E-state index contributed by atoms with van der Waals surface area (Å²) >= 11 is 7.07. The number of halogens is 1. The van der Waals surface area contributed by atoms with Crippen LogP contribution in [0.25, 0.3) is 0 Å². The van der Waals surface area contributed by atoms with Gasteiger partial charge in [0, 0.05) is 20.2 Å². The topological polar surface area (TPSA) is 112 Å². The lowest BCUT2D eigenvalue weighted by molar-refractivity contribution is -0.121. The van der Waals surface area contributed by atoms with Crippen LogP contribution in [-0.4, -0.2) is 47.1 Å². The van der Waals surface area contributed by atoms with E-state index in [2.05, 4.69) is 10.1 Å². The van der Waals surface area contributed by atoms with Crippen molar-refractivity contribution in [2.75, 3.05) is 20.2 Å². The molecule has 2 aromatic rings. The Morgan fingerprint density at radius 1 is 1.50 bits per heavy atom. The third-order valence-electron chi connectivity index (χ3n) is 3.83. The van der Waals surface area contributed by atoms with Gasteiger partial charge in [-0.1, -0.05) is 16.8 Å². The largest absolute Gasteiger partial charge is 0.377 e. The van der Waals surface area contributed by atoms with Crippen LogP contribution < -0.4 is 5.73 Å². The van der Waals surface area contributed by atoms with Crippen molar-refractivity contribution < 1.29 is 18.8 Å². The smallest absolute Gasteiger partial charge is 0.264 e. The number of primary amides is 1. The fraction of sp³-hybridized carbons (Fsp3) is 0.429. The maximum atomic E-state index is 12.6. The maximum absolute atomic E-state index is 12.6. The van der Waals surface area contributed by atoms with Gasteiger partial charge in [-0.3, -0.25) is 9.59 Å². The number of nitrogens with zero attached hydrogens (tertiary/aromatic N) is 3. The van der Waals surface area contributed by atoms with Crippen LogP contribution in [0.4, 0.5) is 0 Å². The van der Waals surface area contributed by atoms with E-state index in [1.54, 1.807) is 17.0 Å². The molecule has 0 radical (unpaired) electrons. The Kier molecular flexibility index (Phi) is 4.83. The molecule has 8 nitrogen and oxygen atoms in total. The van der Waals surface area contributed by atoms with Crippen molar-refractivity contribution >= 4 is 34.8 Å². The third-order valence-corrected chi connectivity index (χ3v) is 5.05. The molecule has 1 fully saturated rings. The lowest BCUT2D eigenvalue weighted by Gasteiger charge is -2.14. The van der Waals surface area contributed by atoms with Gasteiger partial charge >= 0.3 is 0 Å². The predicted octanol–water partition coefficient (Wildman–Crippen LogP) is 1.27. The van der Waals surface area contributed by atoms with Crippen molar-refractivity contribution in [3.05, 3.63) is 33.1 Å². The second-order valence-corrected chi connectivity index (χ2v) is 7.13. The number of carbonyl (C=O) groups is 2. The molecule has 2 atom stereocenters. The molecular formula is C14H15ClN4O4S. The number of hydrogen-bond acceptors (Lipinski definition) is 7. The molecule has 2 amide bonds. The minimum absolute atomic E-state index is 0.197. The van der Waals surface area contributed by atoms with Crippen LogP contribution in [0.15, 0.2) is 16.7 Å². The molecule has 0 spiro atoms. The maximum Gasteiger partial charge on any atom is 0.264 e. The van der Waals surface area contributed by atoms with E-state index in [0.717, 1.165) is 0 Å². The molecule has 24 heavy (non-hydrogen) atoms. The summed E-state index contributed by atoms with van der Waals surface area (Å²) in [5.74, 6) is -1.06. The van der Waals surface area contributed by atoms with Gasteiger partial charge in [0.15, 0.2) is 5.82 Å². The van der Waals surface area contributed by atoms with Crippen molar-refractivity contribution in [1.29, 1.82) is 0 Å². The number of aromatic nitrogens is 2. The number of methoxy groups -OCH3 is 1. The van der Waals surface area contributed by atoms with E-state index in [-0.39, 0.29) is 31.5 Å². The fourth-order valence-corrected chi connectivity index (χ4v) is 3.71. The molecule has 2 N–H and O–H groups in total. The Balaban J connectivity index is 1.81. The number of ether oxygens (including phenoxy) is 1. The quantitative estimate of drug-likeness (QED) is 0.848. The number of carbonyl (C=O) groups excluding carboxylic acids is 2. The van der Waals surface area contributed by atoms with Crippen molar-refractivity contribution in [2.24, 2.45) is 11.7 Å². The molecule has 1 aliphatic heterocycles. The summed E-state index contributed by atoms with van der Waals surface area (Å²) in [6.07, 6.45) is 0. The molecule has 0 saturated carbocycles. The van der Waals surface area contributed by atoms with E-state index in [4.69, 9.17) is 26.6 Å². The van der Waals surface area contributed by atoms with Gasteiger partial charge in [-0.25, -0.2) is 0 Å². The first kappa shape index (κ1) is 16.9. The zero-order valence-corrected chi connectivity index (χ0v) is 14.3. The number of thiophene rings is 1. The summed E-state index contributed by atoms with van der Waals surface area (Å²) in [5.41, 5.74) is 5.49. The monoisotopic (exact) mass is 370 g/mol. The molecule has 3 heterocycles. The molecule has 1 saturated heterocycles. The highest BCUT2D eigenvalue weighted by Crippen LogP contribution is 2.33. The highest BCUT2D eigenvalue weighted by atomic mass is 35.5. The van der Waals surface area contributed by atoms with Crippen molar-refractivity contribution in [1.82, 2.24) is 15.0 Å². The third kappa shape index (κ3) is 3.28.